The molecule has 0 aliphatic heterocycles. The number of anilines is 1. The van der Waals surface area contributed by atoms with Crippen molar-refractivity contribution in [2.24, 2.45) is 7.05 Å². The van der Waals surface area contributed by atoms with Gasteiger partial charge in [0.05, 0.1) is 23.4 Å². The van der Waals surface area contributed by atoms with Gasteiger partial charge < -0.3 is 14.0 Å². The molecule has 6 heteroatoms. The summed E-state index contributed by atoms with van der Waals surface area (Å²) in [5.41, 5.74) is 4.19. The van der Waals surface area contributed by atoms with E-state index in [0.29, 0.717) is 17.9 Å². The predicted molar refractivity (Wildman–Crippen MR) is 129 cm³/mol. The zero-order valence-electron chi connectivity index (χ0n) is 19.1. The highest BCUT2D eigenvalue weighted by Gasteiger charge is 2.17. The van der Waals surface area contributed by atoms with Gasteiger partial charge in [0, 0.05) is 29.9 Å². The normalized spacial score (nSPS) is 10.7. The largest absolute Gasteiger partial charge is 0.494 e. The summed E-state index contributed by atoms with van der Waals surface area (Å²) >= 11 is 0. The Morgan fingerprint density at radius 3 is 2.23 bits per heavy atom. The molecule has 30 heavy (non-hydrogen) atoms. The summed E-state index contributed by atoms with van der Waals surface area (Å²) < 4.78 is 22.2. The zero-order valence-corrected chi connectivity index (χ0v) is 19.9. The molecule has 1 unspecified atom stereocenters. The molecule has 3 rings (SSSR count). The van der Waals surface area contributed by atoms with Crippen molar-refractivity contribution in [3.05, 3.63) is 48.0 Å². The highest BCUT2D eigenvalue weighted by Crippen LogP contribution is 2.34. The molecule has 0 radical (unpaired) electrons. The van der Waals surface area contributed by atoms with Crippen LogP contribution < -0.4 is 9.46 Å². The van der Waals surface area contributed by atoms with Crippen molar-refractivity contribution in [1.82, 2.24) is 4.57 Å². The Kier molecular flexibility index (Phi) is 10.7. The smallest absolute Gasteiger partial charge is 0.121 e. The van der Waals surface area contributed by atoms with E-state index in [-0.39, 0.29) is 0 Å². The summed E-state index contributed by atoms with van der Waals surface area (Å²) in [7, 11) is 0.873. The van der Waals surface area contributed by atoms with Crippen LogP contribution in [-0.4, -0.2) is 21.1 Å². The van der Waals surface area contributed by atoms with Crippen molar-refractivity contribution < 1.29 is 8.95 Å². The van der Waals surface area contributed by atoms with Gasteiger partial charge in [0.15, 0.2) is 0 Å². The number of nitrogens with one attached hydrogen (secondary N) is 1. The number of rotatable bonds is 6. The van der Waals surface area contributed by atoms with E-state index in [1.54, 1.807) is 0 Å². The standard InChI is InChI=1S/C20H21N3O2S.2C2H6/c1-4-25-16-10-11-17-18(13-21)20(23(3)19(17)12-16)14-6-8-15(9-7-14)22-26(24)5-2;2*1-2/h6-12,22H,4-5H2,1-3H3;2*1-2H3. The lowest BCUT2D eigenvalue weighted by atomic mass is 10.1. The number of nitriles is 1. The Balaban J connectivity index is 0.00000106. The van der Waals surface area contributed by atoms with Crippen LogP contribution in [0.1, 0.15) is 47.1 Å². The average molecular weight is 428 g/mol. The van der Waals surface area contributed by atoms with Gasteiger partial charge in [-0.25, -0.2) is 4.21 Å². The molecule has 0 fully saturated rings. The van der Waals surface area contributed by atoms with Crippen molar-refractivity contribution in [1.29, 1.82) is 5.26 Å². The Morgan fingerprint density at radius 2 is 1.70 bits per heavy atom. The molecule has 2 aromatic carbocycles. The maximum Gasteiger partial charge on any atom is 0.121 e. The van der Waals surface area contributed by atoms with Crippen molar-refractivity contribution >= 4 is 27.6 Å². The SMILES string of the molecule is CC.CC.CCOc1ccc2c(C#N)c(-c3ccc(NS(=O)CC)cc3)n(C)c2c1. The van der Waals surface area contributed by atoms with Crippen molar-refractivity contribution in [3.8, 4) is 23.1 Å². The number of ether oxygens (including phenoxy) is 1. The quantitative estimate of drug-likeness (QED) is 0.504. The minimum absolute atomic E-state index is 0.547. The number of hydrogen-bond donors (Lipinski definition) is 1. The fourth-order valence-electron chi connectivity index (χ4n) is 3.02. The van der Waals surface area contributed by atoms with Crippen LogP contribution in [0.15, 0.2) is 42.5 Å². The highest BCUT2D eigenvalue weighted by atomic mass is 32.2. The van der Waals surface area contributed by atoms with E-state index < -0.39 is 11.0 Å². The van der Waals surface area contributed by atoms with Gasteiger partial charge in [-0.15, -0.1) is 0 Å². The first-order valence-corrected chi connectivity index (χ1v) is 11.8. The van der Waals surface area contributed by atoms with Crippen molar-refractivity contribution in [3.63, 3.8) is 0 Å². The van der Waals surface area contributed by atoms with Gasteiger partial charge in [-0.1, -0.05) is 46.8 Å². The summed E-state index contributed by atoms with van der Waals surface area (Å²) in [5, 5.41) is 10.6. The molecule has 1 N–H and O–H groups in total. The molecule has 162 valence electrons. The third-order valence-corrected chi connectivity index (χ3v) is 5.23. The van der Waals surface area contributed by atoms with Gasteiger partial charge in [0.2, 0.25) is 0 Å². The van der Waals surface area contributed by atoms with Crippen LogP contribution in [0.5, 0.6) is 5.75 Å². The van der Waals surface area contributed by atoms with E-state index in [2.05, 4.69) is 10.8 Å². The summed E-state index contributed by atoms with van der Waals surface area (Å²) in [6, 6.07) is 15.8. The number of nitrogens with zero attached hydrogens (tertiary/aromatic N) is 2. The lowest BCUT2D eigenvalue weighted by molar-refractivity contribution is 0.340. The summed E-state index contributed by atoms with van der Waals surface area (Å²) in [6.07, 6.45) is 0. The molecule has 5 nitrogen and oxygen atoms in total. The number of aromatic nitrogens is 1. The van der Waals surface area contributed by atoms with Gasteiger partial charge in [-0.05, 0) is 36.8 Å². The molecule has 0 aliphatic carbocycles. The minimum atomic E-state index is -1.08. The Bertz CT molecular complexity index is 1000. The number of fused-ring (bicyclic) bond motifs is 1. The second-order valence-corrected chi connectivity index (χ2v) is 7.29. The Labute approximate surface area is 183 Å². The van der Waals surface area contributed by atoms with Crippen molar-refractivity contribution in [2.45, 2.75) is 41.5 Å². The van der Waals surface area contributed by atoms with Crippen molar-refractivity contribution in [2.75, 3.05) is 17.1 Å². The third kappa shape index (κ3) is 5.64. The van der Waals surface area contributed by atoms with E-state index in [0.717, 1.165) is 33.6 Å². The lowest BCUT2D eigenvalue weighted by Crippen LogP contribution is -2.05. The molecule has 0 aliphatic rings. The number of benzene rings is 2. The first-order valence-electron chi connectivity index (χ1n) is 10.5. The van der Waals surface area contributed by atoms with Gasteiger partial charge in [-0.3, -0.25) is 0 Å². The Hall–Kier alpha value is -2.78. The average Bonchev–Trinajstić information content (AvgIpc) is 3.08. The van der Waals surface area contributed by atoms with Gasteiger partial charge in [-0.2, -0.15) is 5.26 Å². The molecule has 0 amide bonds. The maximum absolute atomic E-state index is 11.6. The summed E-state index contributed by atoms with van der Waals surface area (Å²) in [5.74, 6) is 1.34. The molecule has 0 spiro atoms. The van der Waals surface area contributed by atoms with E-state index in [1.165, 1.54) is 0 Å². The van der Waals surface area contributed by atoms with Crippen LogP contribution >= 0.6 is 0 Å². The van der Waals surface area contributed by atoms with E-state index in [1.807, 2.05) is 95.6 Å². The first-order chi connectivity index (χ1) is 14.6. The summed E-state index contributed by atoms with van der Waals surface area (Å²) in [6.45, 7) is 12.4. The molecular formula is C24H33N3O2S. The molecule has 3 aromatic rings. The number of aryl methyl sites for hydroxylation is 1. The topological polar surface area (TPSA) is 67.0 Å². The van der Waals surface area contributed by atoms with Crippen LogP contribution in [0.2, 0.25) is 0 Å². The van der Waals surface area contributed by atoms with Gasteiger partial charge in [0.1, 0.15) is 22.8 Å². The van der Waals surface area contributed by atoms with E-state index >= 15 is 0 Å². The fraction of sp³-hybridized carbons (Fsp3) is 0.375. The lowest BCUT2D eigenvalue weighted by Gasteiger charge is -2.08. The van der Waals surface area contributed by atoms with Crippen LogP contribution in [0.4, 0.5) is 5.69 Å². The predicted octanol–water partition coefficient (Wildman–Crippen LogP) is 6.26. The zero-order chi connectivity index (χ0) is 22.7. The second kappa shape index (κ2) is 12.7. The molecule has 0 bridgehead atoms. The maximum atomic E-state index is 11.6. The van der Waals surface area contributed by atoms with E-state index in [4.69, 9.17) is 4.74 Å². The monoisotopic (exact) mass is 427 g/mol. The van der Waals surface area contributed by atoms with Crippen LogP contribution in [0, 0.1) is 11.3 Å². The molecule has 0 saturated carbocycles. The molecule has 1 aromatic heterocycles. The molecule has 0 saturated heterocycles. The van der Waals surface area contributed by atoms with Crippen LogP contribution in [0.25, 0.3) is 22.2 Å². The van der Waals surface area contributed by atoms with E-state index in [9.17, 15) is 9.47 Å². The second-order valence-electron chi connectivity index (χ2n) is 5.82. The highest BCUT2D eigenvalue weighted by molar-refractivity contribution is 7.86. The summed E-state index contributed by atoms with van der Waals surface area (Å²) in [4.78, 5) is 0. The third-order valence-electron chi connectivity index (χ3n) is 4.25. The fourth-order valence-corrected chi connectivity index (χ4v) is 3.57. The molecule has 1 atom stereocenters. The van der Waals surface area contributed by atoms with Crippen LogP contribution in [-0.2, 0) is 18.0 Å². The van der Waals surface area contributed by atoms with Gasteiger partial charge in [0.25, 0.3) is 0 Å². The van der Waals surface area contributed by atoms with Gasteiger partial charge >= 0.3 is 0 Å². The molecular weight excluding hydrogens is 394 g/mol. The minimum Gasteiger partial charge on any atom is -0.494 e. The Morgan fingerprint density at radius 1 is 1.07 bits per heavy atom. The first kappa shape index (κ1) is 25.3. The number of hydrogen-bond acceptors (Lipinski definition) is 3. The van der Waals surface area contributed by atoms with Crippen LogP contribution in [0.3, 0.4) is 0 Å². The molecule has 1 heterocycles.